The average Bonchev–Trinajstić information content (AvgIpc) is 2.55. The average molecular weight is 335 g/mol. The Bertz CT molecular complexity index is 864. The third-order valence-electron chi connectivity index (χ3n) is 2.99. The van der Waals surface area contributed by atoms with Crippen LogP contribution in [-0.2, 0) is 10.0 Å². The largest absolute Gasteiger partial charge is 0.322 e. The molecule has 0 saturated heterocycles. The van der Waals surface area contributed by atoms with E-state index in [0.29, 0.717) is 0 Å². The van der Waals surface area contributed by atoms with Gasteiger partial charge in [-0.05, 0) is 31.3 Å². The lowest BCUT2D eigenvalue weighted by molar-refractivity contribution is -0.384. The van der Waals surface area contributed by atoms with E-state index in [1.165, 1.54) is 55.6 Å². The van der Waals surface area contributed by atoms with E-state index >= 15 is 0 Å². The van der Waals surface area contributed by atoms with Gasteiger partial charge in [-0.25, -0.2) is 13.1 Å². The minimum absolute atomic E-state index is 0.0494. The summed E-state index contributed by atoms with van der Waals surface area (Å²) in [5.41, 5.74) is 0.202. The van der Waals surface area contributed by atoms with Crippen molar-refractivity contribution in [2.45, 2.75) is 4.90 Å². The molecule has 0 unspecified atom stereocenters. The Hall–Kier alpha value is -2.78. The molecule has 0 atom stereocenters. The fourth-order valence-corrected chi connectivity index (χ4v) is 2.60. The van der Waals surface area contributed by atoms with E-state index in [4.69, 9.17) is 0 Å². The van der Waals surface area contributed by atoms with Gasteiger partial charge in [0.25, 0.3) is 11.6 Å². The number of carbonyl (C=O) groups excluding carboxylic acids is 1. The number of non-ortho nitro benzene ring substituents is 1. The number of sulfonamides is 1. The number of benzene rings is 2. The van der Waals surface area contributed by atoms with Gasteiger partial charge >= 0.3 is 0 Å². The summed E-state index contributed by atoms with van der Waals surface area (Å²) in [5, 5.41) is 13.2. The smallest absolute Gasteiger partial charge is 0.271 e. The van der Waals surface area contributed by atoms with Crippen LogP contribution in [0.25, 0.3) is 0 Å². The molecular formula is C14H13N3O5S. The van der Waals surface area contributed by atoms with Crippen molar-refractivity contribution in [1.82, 2.24) is 4.72 Å². The third kappa shape index (κ3) is 3.90. The zero-order valence-corrected chi connectivity index (χ0v) is 12.8. The summed E-state index contributed by atoms with van der Waals surface area (Å²) in [7, 11) is -2.40. The predicted molar refractivity (Wildman–Crippen MR) is 83.7 cm³/mol. The van der Waals surface area contributed by atoms with Gasteiger partial charge in [-0.3, -0.25) is 14.9 Å². The van der Waals surface area contributed by atoms with E-state index in [-0.39, 0.29) is 21.8 Å². The topological polar surface area (TPSA) is 118 Å². The van der Waals surface area contributed by atoms with E-state index in [0.717, 1.165) is 0 Å². The third-order valence-corrected chi connectivity index (χ3v) is 4.40. The highest BCUT2D eigenvalue weighted by Gasteiger charge is 2.15. The van der Waals surface area contributed by atoms with Gasteiger partial charge in [-0.1, -0.05) is 12.1 Å². The number of nitrogens with zero attached hydrogens (tertiary/aromatic N) is 1. The maximum atomic E-state index is 12.2. The van der Waals surface area contributed by atoms with Gasteiger partial charge in [-0.2, -0.15) is 0 Å². The number of rotatable bonds is 5. The molecule has 2 aromatic carbocycles. The van der Waals surface area contributed by atoms with Crippen molar-refractivity contribution in [1.29, 1.82) is 0 Å². The van der Waals surface area contributed by atoms with Crippen LogP contribution >= 0.6 is 0 Å². The summed E-state index contributed by atoms with van der Waals surface area (Å²) in [4.78, 5) is 22.3. The van der Waals surface area contributed by atoms with Crippen molar-refractivity contribution in [2.24, 2.45) is 0 Å². The lowest BCUT2D eigenvalue weighted by atomic mass is 10.2. The molecular weight excluding hydrogens is 322 g/mol. The monoisotopic (exact) mass is 335 g/mol. The molecule has 0 bridgehead atoms. The highest BCUT2D eigenvalue weighted by molar-refractivity contribution is 7.89. The number of nitro groups is 1. The first-order valence-electron chi connectivity index (χ1n) is 6.43. The zero-order chi connectivity index (χ0) is 17.0. The molecule has 120 valence electrons. The Morgan fingerprint density at radius 1 is 1.13 bits per heavy atom. The number of amides is 1. The van der Waals surface area contributed by atoms with Gasteiger partial charge < -0.3 is 5.32 Å². The first kappa shape index (κ1) is 16.6. The number of anilines is 1. The van der Waals surface area contributed by atoms with Crippen LogP contribution in [0.3, 0.4) is 0 Å². The Labute approximate surface area is 132 Å². The normalized spacial score (nSPS) is 11.0. The van der Waals surface area contributed by atoms with Gasteiger partial charge in [0.05, 0.1) is 9.82 Å². The van der Waals surface area contributed by atoms with Crippen LogP contribution in [-0.4, -0.2) is 26.3 Å². The molecule has 0 aromatic heterocycles. The summed E-state index contributed by atoms with van der Waals surface area (Å²) in [5.74, 6) is -0.571. The number of nitrogens with one attached hydrogen (secondary N) is 2. The molecule has 8 nitrogen and oxygen atoms in total. The molecule has 23 heavy (non-hydrogen) atoms. The number of nitro benzene ring substituents is 1. The summed E-state index contributed by atoms with van der Waals surface area (Å²) < 4.78 is 25.6. The lowest BCUT2D eigenvalue weighted by Gasteiger charge is -2.07. The predicted octanol–water partition coefficient (Wildman–Crippen LogP) is 1.76. The molecule has 9 heteroatoms. The minimum atomic E-state index is -3.66. The van der Waals surface area contributed by atoms with E-state index in [1.54, 1.807) is 0 Å². The molecule has 2 aromatic rings. The standard InChI is InChI=1S/C14H13N3O5S/c1-15-23(21,22)13-7-2-4-10(8-13)14(18)16-11-5-3-6-12(9-11)17(19)20/h2-9,15H,1H3,(H,16,18). The van der Waals surface area contributed by atoms with Crippen molar-refractivity contribution in [2.75, 3.05) is 12.4 Å². The summed E-state index contributed by atoms with van der Waals surface area (Å²) in [6, 6.07) is 10.9. The molecule has 2 N–H and O–H groups in total. The second-order valence-electron chi connectivity index (χ2n) is 4.50. The van der Waals surface area contributed by atoms with Crippen molar-refractivity contribution >= 4 is 27.3 Å². The van der Waals surface area contributed by atoms with Crippen LogP contribution in [0.1, 0.15) is 10.4 Å². The molecule has 0 aliphatic carbocycles. The number of carbonyl (C=O) groups is 1. The van der Waals surface area contributed by atoms with Gasteiger partial charge in [-0.15, -0.1) is 0 Å². The summed E-state index contributed by atoms with van der Waals surface area (Å²) >= 11 is 0. The molecule has 1 amide bonds. The van der Waals surface area contributed by atoms with Crippen LogP contribution in [0, 0.1) is 10.1 Å². The van der Waals surface area contributed by atoms with Gasteiger partial charge in [0.1, 0.15) is 0 Å². The number of hydrogen-bond donors (Lipinski definition) is 2. The van der Waals surface area contributed by atoms with Crippen LogP contribution in [0.5, 0.6) is 0 Å². The van der Waals surface area contributed by atoms with Crippen LogP contribution in [0.2, 0.25) is 0 Å². The Kier molecular flexibility index (Phi) is 4.72. The first-order chi connectivity index (χ1) is 10.8. The van der Waals surface area contributed by atoms with Crippen LogP contribution in [0.4, 0.5) is 11.4 Å². The highest BCUT2D eigenvalue weighted by atomic mass is 32.2. The van der Waals surface area contributed by atoms with Crippen LogP contribution < -0.4 is 10.0 Å². The highest BCUT2D eigenvalue weighted by Crippen LogP contribution is 2.18. The van der Waals surface area contributed by atoms with Crippen molar-refractivity contribution in [3.8, 4) is 0 Å². The quantitative estimate of drug-likeness (QED) is 0.637. The molecule has 0 spiro atoms. The van der Waals surface area contributed by atoms with E-state index in [1.807, 2.05) is 0 Å². The van der Waals surface area contributed by atoms with Crippen molar-refractivity contribution in [3.05, 3.63) is 64.2 Å². The van der Waals surface area contributed by atoms with Crippen molar-refractivity contribution < 1.29 is 18.1 Å². The van der Waals surface area contributed by atoms with E-state index < -0.39 is 20.9 Å². The maximum absolute atomic E-state index is 12.2. The fourth-order valence-electron chi connectivity index (χ4n) is 1.82. The molecule has 0 saturated carbocycles. The van der Waals surface area contributed by atoms with Gasteiger partial charge in [0.2, 0.25) is 10.0 Å². The zero-order valence-electron chi connectivity index (χ0n) is 12.0. The number of hydrogen-bond acceptors (Lipinski definition) is 5. The lowest BCUT2D eigenvalue weighted by Crippen LogP contribution is -2.19. The van der Waals surface area contributed by atoms with E-state index in [9.17, 15) is 23.3 Å². The molecule has 0 fully saturated rings. The summed E-state index contributed by atoms with van der Waals surface area (Å²) in [6.45, 7) is 0. The first-order valence-corrected chi connectivity index (χ1v) is 7.91. The molecule has 0 aliphatic heterocycles. The van der Waals surface area contributed by atoms with Crippen LogP contribution in [0.15, 0.2) is 53.4 Å². The summed E-state index contributed by atoms with van der Waals surface area (Å²) in [6.07, 6.45) is 0. The molecule has 2 rings (SSSR count). The Morgan fingerprint density at radius 3 is 2.48 bits per heavy atom. The van der Waals surface area contributed by atoms with Gasteiger partial charge in [0, 0.05) is 23.4 Å². The molecule has 0 radical (unpaired) electrons. The Morgan fingerprint density at radius 2 is 1.83 bits per heavy atom. The Balaban J connectivity index is 2.27. The fraction of sp³-hybridized carbons (Fsp3) is 0.0714. The minimum Gasteiger partial charge on any atom is -0.322 e. The second kappa shape index (κ2) is 6.55. The second-order valence-corrected chi connectivity index (χ2v) is 6.38. The molecule has 0 aliphatic rings. The maximum Gasteiger partial charge on any atom is 0.271 e. The SMILES string of the molecule is CNS(=O)(=O)c1cccc(C(=O)Nc2cccc([N+](=O)[O-])c2)c1. The van der Waals surface area contributed by atoms with Crippen molar-refractivity contribution in [3.63, 3.8) is 0 Å². The van der Waals surface area contributed by atoms with Gasteiger partial charge in [0.15, 0.2) is 0 Å². The van der Waals surface area contributed by atoms with E-state index in [2.05, 4.69) is 10.0 Å². The molecule has 0 heterocycles.